The van der Waals surface area contributed by atoms with E-state index in [9.17, 15) is 43.2 Å². The molecule has 0 saturated carbocycles. The first-order valence-corrected chi connectivity index (χ1v) is 29.1. The molecule has 0 aliphatic rings. The van der Waals surface area contributed by atoms with Crippen molar-refractivity contribution in [3.8, 4) is 0 Å². The quantitative estimate of drug-likeness (QED) is 0.0222. The third-order valence-electron chi connectivity index (χ3n) is 11.0. The highest BCUT2D eigenvalue weighted by atomic mass is 31.2. The molecule has 0 aromatic heterocycles. The lowest BCUT2D eigenvalue weighted by molar-refractivity contribution is -0.161. The first kappa shape index (κ1) is 66.1. The summed E-state index contributed by atoms with van der Waals surface area (Å²) < 4.78 is 66.7. The maximum atomic E-state index is 12.8. The molecule has 0 aliphatic carbocycles. The normalized spacial score (nSPS) is 14.7. The second-order valence-electron chi connectivity index (χ2n) is 18.3. The molecule has 19 heteroatoms. The molecule has 5 atom stereocenters. The molecule has 0 aromatic carbocycles. The molecule has 0 rings (SSSR count). The fourth-order valence-electron chi connectivity index (χ4n) is 6.93. The molecule has 68 heavy (non-hydrogen) atoms. The van der Waals surface area contributed by atoms with Gasteiger partial charge in [0.1, 0.15) is 19.3 Å². The molecule has 0 bridgehead atoms. The fraction of sp³-hybridized carbons (Fsp3) is 0.918. The Morgan fingerprint density at radius 1 is 0.397 bits per heavy atom. The van der Waals surface area contributed by atoms with Crippen LogP contribution in [0.15, 0.2) is 0 Å². The van der Waals surface area contributed by atoms with Crippen LogP contribution in [0.5, 0.6) is 0 Å². The minimum atomic E-state index is -4.92. The summed E-state index contributed by atoms with van der Waals surface area (Å²) in [5.41, 5.74) is 0. The van der Waals surface area contributed by atoms with Gasteiger partial charge in [0.05, 0.1) is 26.4 Å². The Morgan fingerprint density at radius 2 is 0.676 bits per heavy atom. The number of carbonyl (C=O) groups excluding carboxylic acids is 4. The van der Waals surface area contributed by atoms with Gasteiger partial charge >= 0.3 is 39.5 Å². The van der Waals surface area contributed by atoms with Gasteiger partial charge in [-0.1, -0.05) is 176 Å². The van der Waals surface area contributed by atoms with Crippen LogP contribution in [0.4, 0.5) is 0 Å². The van der Waals surface area contributed by atoms with Crippen LogP contribution in [0, 0.1) is 5.92 Å². The van der Waals surface area contributed by atoms with E-state index in [0.29, 0.717) is 25.7 Å². The van der Waals surface area contributed by atoms with E-state index in [4.69, 9.17) is 37.0 Å². The predicted molar refractivity (Wildman–Crippen MR) is 262 cm³/mol. The van der Waals surface area contributed by atoms with Crippen molar-refractivity contribution in [3.63, 3.8) is 0 Å². The van der Waals surface area contributed by atoms with Crippen LogP contribution in [0.1, 0.15) is 227 Å². The average Bonchev–Trinajstić information content (AvgIpc) is 3.29. The summed E-state index contributed by atoms with van der Waals surface area (Å²) >= 11 is 0. The van der Waals surface area contributed by atoms with Crippen molar-refractivity contribution in [2.75, 3.05) is 39.6 Å². The van der Waals surface area contributed by atoms with Crippen molar-refractivity contribution in [1.82, 2.24) is 0 Å². The zero-order valence-electron chi connectivity index (χ0n) is 42.7. The second-order valence-corrected chi connectivity index (χ2v) is 21.2. The Kier molecular flexibility index (Phi) is 42.6. The van der Waals surface area contributed by atoms with Gasteiger partial charge in [-0.3, -0.25) is 37.3 Å². The van der Waals surface area contributed by atoms with E-state index in [2.05, 4.69) is 34.6 Å². The highest BCUT2D eigenvalue weighted by molar-refractivity contribution is 7.47. The molecule has 0 radical (unpaired) electrons. The molecule has 0 amide bonds. The van der Waals surface area contributed by atoms with Gasteiger partial charge < -0.3 is 33.8 Å². The molecular formula is C49H94O17P2. The first-order valence-electron chi connectivity index (χ1n) is 26.1. The zero-order valence-corrected chi connectivity index (χ0v) is 44.5. The van der Waals surface area contributed by atoms with Crippen molar-refractivity contribution in [2.24, 2.45) is 5.92 Å². The lowest BCUT2D eigenvalue weighted by Gasteiger charge is -2.21. The number of aliphatic hydroxyl groups excluding tert-OH is 1. The van der Waals surface area contributed by atoms with Gasteiger partial charge in [0.15, 0.2) is 12.2 Å². The molecule has 0 aliphatic heterocycles. The molecule has 0 spiro atoms. The van der Waals surface area contributed by atoms with Crippen LogP contribution >= 0.6 is 15.6 Å². The summed E-state index contributed by atoms with van der Waals surface area (Å²) in [4.78, 5) is 70.7. The second kappa shape index (κ2) is 43.8. The van der Waals surface area contributed by atoms with Gasteiger partial charge in [-0.2, -0.15) is 0 Å². The van der Waals surface area contributed by atoms with Crippen LogP contribution in [-0.2, 0) is 65.4 Å². The van der Waals surface area contributed by atoms with Crippen LogP contribution in [-0.4, -0.2) is 96.7 Å². The zero-order chi connectivity index (χ0) is 50.7. The summed E-state index contributed by atoms with van der Waals surface area (Å²) in [5, 5.41) is 10.4. The smallest absolute Gasteiger partial charge is 0.462 e. The molecule has 3 N–H and O–H groups in total. The van der Waals surface area contributed by atoms with Crippen molar-refractivity contribution in [3.05, 3.63) is 0 Å². The number of phosphoric acid groups is 2. The van der Waals surface area contributed by atoms with Gasteiger partial charge in [0, 0.05) is 25.7 Å². The molecule has 0 heterocycles. The molecule has 2 unspecified atom stereocenters. The molecule has 17 nitrogen and oxygen atoms in total. The molecule has 0 aromatic rings. The van der Waals surface area contributed by atoms with Crippen LogP contribution in [0.2, 0.25) is 0 Å². The van der Waals surface area contributed by atoms with E-state index in [1.807, 2.05) is 0 Å². The van der Waals surface area contributed by atoms with E-state index in [0.717, 1.165) is 109 Å². The minimum absolute atomic E-state index is 0.0984. The van der Waals surface area contributed by atoms with Crippen molar-refractivity contribution in [2.45, 2.75) is 246 Å². The van der Waals surface area contributed by atoms with Crippen LogP contribution in [0.3, 0.4) is 0 Å². The minimum Gasteiger partial charge on any atom is -0.462 e. The number of aliphatic hydroxyl groups is 1. The number of rotatable bonds is 49. The highest BCUT2D eigenvalue weighted by Crippen LogP contribution is 2.45. The standard InChI is InChI=1S/C49H94O17P2/c1-6-9-12-21-27-32-46(51)59-38-44(65-48(53)34-29-23-14-11-8-3)40-63-67(55,56)61-36-43(50)37-62-68(57,58)64-41-45(39-60-47(52)33-28-22-13-10-7-2)66-49(54)35-30-25-20-18-16-15-17-19-24-26-31-42(4)5/h42-45,50H,6-41H2,1-5H3,(H,55,56)(H,57,58)/t43-,44+,45+/m0/s1. The molecular weight excluding hydrogens is 922 g/mol. The van der Waals surface area contributed by atoms with Crippen LogP contribution < -0.4 is 0 Å². The largest absolute Gasteiger partial charge is 0.472 e. The Labute approximate surface area is 409 Å². The molecule has 402 valence electrons. The monoisotopic (exact) mass is 1020 g/mol. The Balaban J connectivity index is 5.08. The first-order chi connectivity index (χ1) is 32.5. The summed E-state index contributed by atoms with van der Waals surface area (Å²) in [6, 6.07) is 0. The Morgan fingerprint density at radius 3 is 1.00 bits per heavy atom. The highest BCUT2D eigenvalue weighted by Gasteiger charge is 2.30. The van der Waals surface area contributed by atoms with Crippen molar-refractivity contribution in [1.29, 1.82) is 0 Å². The summed E-state index contributed by atoms with van der Waals surface area (Å²) in [6.07, 6.45) is 22.3. The lowest BCUT2D eigenvalue weighted by Crippen LogP contribution is -2.30. The van der Waals surface area contributed by atoms with Gasteiger partial charge in [-0.05, 0) is 31.6 Å². The van der Waals surface area contributed by atoms with Crippen LogP contribution in [0.25, 0.3) is 0 Å². The fourth-order valence-corrected chi connectivity index (χ4v) is 8.51. The molecule has 0 fully saturated rings. The summed E-state index contributed by atoms with van der Waals surface area (Å²) in [6.45, 7) is 6.79. The van der Waals surface area contributed by atoms with Gasteiger partial charge in [-0.15, -0.1) is 0 Å². The predicted octanol–water partition coefficient (Wildman–Crippen LogP) is 11.9. The van der Waals surface area contributed by atoms with E-state index in [1.54, 1.807) is 0 Å². The maximum Gasteiger partial charge on any atom is 0.472 e. The maximum absolute atomic E-state index is 12.8. The number of phosphoric ester groups is 2. The van der Waals surface area contributed by atoms with Crippen molar-refractivity contribution >= 4 is 39.5 Å². The summed E-state index contributed by atoms with van der Waals surface area (Å²) in [7, 11) is -9.83. The molecule has 0 saturated heterocycles. The van der Waals surface area contributed by atoms with E-state index < -0.39 is 97.5 Å². The Bertz CT molecular complexity index is 1370. The number of unbranched alkanes of at least 4 members (excludes halogenated alkanes) is 21. The van der Waals surface area contributed by atoms with E-state index >= 15 is 0 Å². The van der Waals surface area contributed by atoms with Crippen molar-refractivity contribution < 1.29 is 80.2 Å². The number of esters is 4. The van der Waals surface area contributed by atoms with E-state index in [-0.39, 0.29) is 25.7 Å². The number of hydrogen-bond donors (Lipinski definition) is 3. The van der Waals surface area contributed by atoms with Gasteiger partial charge in [0.25, 0.3) is 0 Å². The third-order valence-corrected chi connectivity index (χ3v) is 12.9. The van der Waals surface area contributed by atoms with Gasteiger partial charge in [0.2, 0.25) is 0 Å². The summed E-state index contributed by atoms with van der Waals surface area (Å²) in [5.74, 6) is -1.44. The topological polar surface area (TPSA) is 237 Å². The Hall–Kier alpha value is -1.94. The SMILES string of the molecule is CCCCCCCC(=O)OC[C@H](COP(=O)(O)OC[C@H](O)COP(=O)(O)OC[C@@H](COC(=O)CCCCCCC)OC(=O)CCCCCCCCCCCCC(C)C)OC(=O)CCCCCCC. The number of hydrogen-bond acceptors (Lipinski definition) is 15. The third kappa shape index (κ3) is 44.0. The van der Waals surface area contributed by atoms with Gasteiger partial charge in [-0.25, -0.2) is 9.13 Å². The number of ether oxygens (including phenoxy) is 4. The number of carbonyl (C=O) groups is 4. The lowest BCUT2D eigenvalue weighted by atomic mass is 10.0. The average molecular weight is 1020 g/mol. The van der Waals surface area contributed by atoms with E-state index in [1.165, 1.54) is 38.5 Å².